The van der Waals surface area contributed by atoms with E-state index in [-0.39, 0.29) is 11.7 Å². The van der Waals surface area contributed by atoms with Crippen molar-refractivity contribution in [3.63, 3.8) is 0 Å². The molecule has 0 radical (unpaired) electrons. The number of thioether (sulfide) groups is 1. The molecule has 0 aliphatic carbocycles. The third kappa shape index (κ3) is 4.98. The largest absolute Gasteiger partial charge is 0.494 e. The van der Waals surface area contributed by atoms with Crippen molar-refractivity contribution in [3.05, 3.63) is 71.6 Å². The van der Waals surface area contributed by atoms with Gasteiger partial charge in [0, 0.05) is 5.69 Å². The first kappa shape index (κ1) is 21.1. The molecule has 31 heavy (non-hydrogen) atoms. The first-order valence-electron chi connectivity index (χ1n) is 9.86. The number of hydrogen-bond donors (Lipinski definition) is 1. The van der Waals surface area contributed by atoms with Gasteiger partial charge >= 0.3 is 0 Å². The van der Waals surface area contributed by atoms with Crippen LogP contribution in [0.15, 0.2) is 71.2 Å². The third-order valence-electron chi connectivity index (χ3n) is 4.53. The summed E-state index contributed by atoms with van der Waals surface area (Å²) in [5.41, 5.74) is 2.76. The van der Waals surface area contributed by atoms with E-state index in [4.69, 9.17) is 4.74 Å². The predicted octanol–water partition coefficient (Wildman–Crippen LogP) is 5.43. The highest BCUT2D eigenvalue weighted by Crippen LogP contribution is 2.31. The number of aromatic nitrogens is 3. The van der Waals surface area contributed by atoms with Crippen LogP contribution in [0.3, 0.4) is 0 Å². The van der Waals surface area contributed by atoms with Crippen molar-refractivity contribution in [2.45, 2.75) is 19.0 Å². The van der Waals surface area contributed by atoms with Crippen LogP contribution in [0.2, 0.25) is 0 Å². The van der Waals surface area contributed by atoms with Gasteiger partial charge in [-0.25, -0.2) is 0 Å². The van der Waals surface area contributed by atoms with Crippen molar-refractivity contribution in [2.75, 3.05) is 17.7 Å². The summed E-state index contributed by atoms with van der Waals surface area (Å²) in [5.74, 6) is 1.71. The van der Waals surface area contributed by atoms with E-state index in [0.717, 1.165) is 33.4 Å². The number of carbonyl (C=O) groups excluding carboxylic acids is 1. The van der Waals surface area contributed by atoms with Gasteiger partial charge in [0.1, 0.15) is 5.75 Å². The third-order valence-corrected chi connectivity index (χ3v) is 6.33. The first-order valence-corrected chi connectivity index (χ1v) is 11.7. The zero-order valence-corrected chi connectivity index (χ0v) is 18.9. The maximum absolute atomic E-state index is 12.5. The van der Waals surface area contributed by atoms with E-state index >= 15 is 0 Å². The Morgan fingerprint density at radius 1 is 1.10 bits per heavy atom. The average Bonchev–Trinajstić information content (AvgIpc) is 3.44. The number of anilines is 1. The topological polar surface area (TPSA) is 69.0 Å². The van der Waals surface area contributed by atoms with E-state index in [1.54, 1.807) is 11.3 Å². The fourth-order valence-electron chi connectivity index (χ4n) is 3.05. The summed E-state index contributed by atoms with van der Waals surface area (Å²) < 4.78 is 7.54. The van der Waals surface area contributed by atoms with Gasteiger partial charge in [0.2, 0.25) is 5.91 Å². The molecule has 2 aromatic carbocycles. The molecule has 6 nitrogen and oxygen atoms in total. The van der Waals surface area contributed by atoms with E-state index < -0.39 is 0 Å². The molecule has 1 N–H and O–H groups in total. The maximum Gasteiger partial charge on any atom is 0.234 e. The monoisotopic (exact) mass is 450 g/mol. The van der Waals surface area contributed by atoms with E-state index in [2.05, 4.69) is 15.5 Å². The zero-order chi connectivity index (χ0) is 21.6. The fourth-order valence-corrected chi connectivity index (χ4v) is 4.50. The van der Waals surface area contributed by atoms with Gasteiger partial charge in [-0.15, -0.1) is 21.5 Å². The number of amides is 1. The van der Waals surface area contributed by atoms with E-state index in [1.165, 1.54) is 11.8 Å². The molecule has 0 fully saturated rings. The number of hydrogen-bond acceptors (Lipinski definition) is 6. The van der Waals surface area contributed by atoms with Gasteiger partial charge in [0.05, 0.1) is 22.9 Å². The number of rotatable bonds is 8. The van der Waals surface area contributed by atoms with Crippen molar-refractivity contribution >= 4 is 34.7 Å². The summed E-state index contributed by atoms with van der Waals surface area (Å²) in [4.78, 5) is 13.5. The summed E-state index contributed by atoms with van der Waals surface area (Å²) in [6.45, 7) is 4.54. The molecule has 2 heterocycles. The number of thiophene rings is 1. The highest BCUT2D eigenvalue weighted by molar-refractivity contribution is 7.99. The number of para-hydroxylation sites is 1. The lowest BCUT2D eigenvalue weighted by Crippen LogP contribution is -2.15. The second kappa shape index (κ2) is 9.80. The lowest BCUT2D eigenvalue weighted by atomic mass is 10.2. The van der Waals surface area contributed by atoms with Gasteiger partial charge in [-0.1, -0.05) is 36.0 Å². The Hall–Kier alpha value is -3.10. The van der Waals surface area contributed by atoms with Crippen LogP contribution >= 0.6 is 23.1 Å². The molecule has 1 amide bonds. The fraction of sp³-hybridized carbons (Fsp3) is 0.174. The molecule has 0 aliphatic heterocycles. The number of benzene rings is 2. The second-order valence-corrected chi connectivity index (χ2v) is 8.59. The number of carbonyl (C=O) groups is 1. The SMILES string of the molecule is CCOc1ccc(-n2c(SCC(=O)Nc3ccccc3C)nnc2-c2cccs2)cc1. The summed E-state index contributed by atoms with van der Waals surface area (Å²) in [5, 5.41) is 14.4. The second-order valence-electron chi connectivity index (χ2n) is 6.70. The molecule has 2 aromatic heterocycles. The Morgan fingerprint density at radius 3 is 2.61 bits per heavy atom. The van der Waals surface area contributed by atoms with E-state index in [1.807, 2.05) is 84.5 Å². The van der Waals surface area contributed by atoms with E-state index in [0.29, 0.717) is 11.8 Å². The Balaban J connectivity index is 1.57. The molecule has 0 saturated carbocycles. The molecule has 4 rings (SSSR count). The van der Waals surface area contributed by atoms with Crippen LogP contribution in [0, 0.1) is 6.92 Å². The number of nitrogens with zero attached hydrogens (tertiary/aromatic N) is 3. The number of nitrogens with one attached hydrogen (secondary N) is 1. The van der Waals surface area contributed by atoms with Gasteiger partial charge < -0.3 is 10.1 Å². The van der Waals surface area contributed by atoms with Crippen LogP contribution in [0.25, 0.3) is 16.4 Å². The molecule has 0 bridgehead atoms. The summed E-state index contributed by atoms with van der Waals surface area (Å²) in [6, 6.07) is 19.5. The lowest BCUT2D eigenvalue weighted by molar-refractivity contribution is -0.113. The van der Waals surface area contributed by atoms with Crippen LogP contribution in [-0.2, 0) is 4.79 Å². The van der Waals surface area contributed by atoms with Crippen LogP contribution in [-0.4, -0.2) is 33.0 Å². The minimum Gasteiger partial charge on any atom is -0.494 e. The lowest BCUT2D eigenvalue weighted by Gasteiger charge is -2.11. The molecular formula is C23H22N4O2S2. The molecule has 0 atom stereocenters. The van der Waals surface area contributed by atoms with Gasteiger partial charge in [-0.2, -0.15) is 0 Å². The Labute approximate surface area is 189 Å². The average molecular weight is 451 g/mol. The van der Waals surface area contributed by atoms with Gasteiger partial charge in [0.25, 0.3) is 0 Å². The molecule has 0 unspecified atom stereocenters. The van der Waals surface area contributed by atoms with Crippen LogP contribution in [0.4, 0.5) is 5.69 Å². The minimum atomic E-state index is -0.0850. The normalized spacial score (nSPS) is 10.8. The molecular weight excluding hydrogens is 428 g/mol. The Kier molecular flexibility index (Phi) is 6.69. The number of aryl methyl sites for hydroxylation is 1. The van der Waals surface area contributed by atoms with Gasteiger partial charge in [0.15, 0.2) is 11.0 Å². The van der Waals surface area contributed by atoms with Crippen molar-refractivity contribution in [1.82, 2.24) is 14.8 Å². The summed E-state index contributed by atoms with van der Waals surface area (Å²) >= 11 is 2.96. The Morgan fingerprint density at radius 2 is 1.90 bits per heavy atom. The van der Waals surface area contributed by atoms with Crippen molar-refractivity contribution in [2.24, 2.45) is 0 Å². The first-order chi connectivity index (χ1) is 15.2. The smallest absolute Gasteiger partial charge is 0.234 e. The zero-order valence-electron chi connectivity index (χ0n) is 17.2. The van der Waals surface area contributed by atoms with Gasteiger partial charge in [-0.05, 0) is 61.2 Å². The molecule has 8 heteroatoms. The summed E-state index contributed by atoms with van der Waals surface area (Å²) in [6.07, 6.45) is 0. The van der Waals surface area contributed by atoms with Crippen molar-refractivity contribution in [1.29, 1.82) is 0 Å². The Bertz CT molecular complexity index is 1150. The molecule has 158 valence electrons. The standard InChI is InChI=1S/C23H22N4O2S2/c1-3-29-18-12-10-17(11-13-18)27-22(20-9-6-14-30-20)25-26-23(27)31-15-21(28)24-19-8-5-4-7-16(19)2/h4-14H,3,15H2,1-2H3,(H,24,28). The van der Waals surface area contributed by atoms with Crippen LogP contribution < -0.4 is 10.1 Å². The van der Waals surface area contributed by atoms with Crippen molar-refractivity contribution < 1.29 is 9.53 Å². The minimum absolute atomic E-state index is 0.0850. The van der Waals surface area contributed by atoms with Crippen molar-refractivity contribution in [3.8, 4) is 22.1 Å². The molecule has 0 saturated heterocycles. The van der Waals surface area contributed by atoms with Gasteiger partial charge in [-0.3, -0.25) is 9.36 Å². The quantitative estimate of drug-likeness (QED) is 0.362. The number of ether oxygens (including phenoxy) is 1. The predicted molar refractivity (Wildman–Crippen MR) is 126 cm³/mol. The van der Waals surface area contributed by atoms with E-state index in [9.17, 15) is 4.79 Å². The molecule has 0 spiro atoms. The van der Waals surface area contributed by atoms with Crippen LogP contribution in [0.5, 0.6) is 5.75 Å². The molecule has 0 aliphatic rings. The highest BCUT2D eigenvalue weighted by atomic mass is 32.2. The highest BCUT2D eigenvalue weighted by Gasteiger charge is 2.18. The molecule has 4 aromatic rings. The maximum atomic E-state index is 12.5. The summed E-state index contributed by atoms with van der Waals surface area (Å²) in [7, 11) is 0. The van der Waals surface area contributed by atoms with Crippen LogP contribution in [0.1, 0.15) is 12.5 Å².